The lowest BCUT2D eigenvalue weighted by molar-refractivity contribution is -0.137. The summed E-state index contributed by atoms with van der Waals surface area (Å²) in [5.74, 6) is 0.317. The molecule has 0 aliphatic carbocycles. The van der Waals surface area contributed by atoms with Crippen molar-refractivity contribution in [1.82, 2.24) is 19.4 Å². The molecular formula is C25H18F3N5O2. The van der Waals surface area contributed by atoms with Gasteiger partial charge in [0.25, 0.3) is 5.91 Å². The van der Waals surface area contributed by atoms with E-state index in [2.05, 4.69) is 26.8 Å². The number of benzene rings is 2. The number of carbonyl (C=O) groups excluding carboxylic acids is 1. The molecule has 0 atom stereocenters. The molecule has 0 aliphatic heterocycles. The van der Waals surface area contributed by atoms with E-state index < -0.39 is 17.6 Å². The number of carbonyl (C=O) groups is 1. The van der Waals surface area contributed by atoms with Gasteiger partial charge in [-0.05, 0) is 47.5 Å². The predicted molar refractivity (Wildman–Crippen MR) is 125 cm³/mol. The average Bonchev–Trinajstić information content (AvgIpc) is 3.45. The number of imidazole rings is 2. The Morgan fingerprint density at radius 1 is 1.09 bits per heavy atom. The van der Waals surface area contributed by atoms with Crippen molar-refractivity contribution in [2.24, 2.45) is 0 Å². The molecule has 3 heterocycles. The highest BCUT2D eigenvalue weighted by atomic mass is 19.4. The Kier molecular flexibility index (Phi) is 5.48. The standard InChI is InChI=1S/C25H18F3N5O2/c1-2-15-5-10-22-29-21(13-33(22)12-15)23(34)32-24-30-19-9-8-18(11-20(19)31-24)35-14-16-3-6-17(7-4-16)25(26,27)28/h2-13H,1,14H2,(H2,30,31,32,34). The molecule has 0 saturated heterocycles. The van der Waals surface area contributed by atoms with Crippen LogP contribution in [0.15, 0.2) is 73.6 Å². The van der Waals surface area contributed by atoms with E-state index in [4.69, 9.17) is 4.74 Å². The maximum atomic E-state index is 12.7. The number of fused-ring (bicyclic) bond motifs is 2. The second-order valence-corrected chi connectivity index (χ2v) is 7.76. The molecule has 0 radical (unpaired) electrons. The Hall–Kier alpha value is -4.60. The normalized spacial score (nSPS) is 11.6. The molecule has 0 bridgehead atoms. The van der Waals surface area contributed by atoms with E-state index >= 15 is 0 Å². The van der Waals surface area contributed by atoms with E-state index in [0.717, 1.165) is 17.7 Å². The van der Waals surface area contributed by atoms with Crippen LogP contribution in [0.5, 0.6) is 5.75 Å². The summed E-state index contributed by atoms with van der Waals surface area (Å²) >= 11 is 0. The van der Waals surface area contributed by atoms with Crippen molar-refractivity contribution >= 4 is 34.6 Å². The number of amides is 1. The number of halogens is 3. The van der Waals surface area contributed by atoms with Crippen LogP contribution in [-0.2, 0) is 12.8 Å². The van der Waals surface area contributed by atoms with Crippen molar-refractivity contribution in [3.8, 4) is 5.75 Å². The molecule has 3 aromatic heterocycles. The molecule has 10 heteroatoms. The van der Waals surface area contributed by atoms with Crippen LogP contribution in [0.3, 0.4) is 0 Å². The van der Waals surface area contributed by atoms with Crippen LogP contribution in [0.1, 0.15) is 27.2 Å². The molecule has 0 fully saturated rings. The molecule has 1 amide bonds. The van der Waals surface area contributed by atoms with Crippen LogP contribution in [0.25, 0.3) is 22.8 Å². The number of H-pyrrole nitrogens is 1. The van der Waals surface area contributed by atoms with E-state index in [0.29, 0.717) is 28.0 Å². The highest BCUT2D eigenvalue weighted by molar-refractivity contribution is 6.03. The summed E-state index contributed by atoms with van der Waals surface area (Å²) in [7, 11) is 0. The number of aromatic amines is 1. The third-order valence-corrected chi connectivity index (χ3v) is 5.31. The van der Waals surface area contributed by atoms with E-state index in [1.807, 2.05) is 12.3 Å². The lowest BCUT2D eigenvalue weighted by atomic mass is 10.1. The third kappa shape index (κ3) is 4.72. The van der Waals surface area contributed by atoms with Gasteiger partial charge in [-0.15, -0.1) is 0 Å². The fourth-order valence-corrected chi connectivity index (χ4v) is 3.51. The maximum Gasteiger partial charge on any atom is 0.416 e. The minimum atomic E-state index is -4.38. The van der Waals surface area contributed by atoms with E-state index in [1.165, 1.54) is 12.1 Å². The van der Waals surface area contributed by atoms with Crippen molar-refractivity contribution in [3.63, 3.8) is 0 Å². The Balaban J connectivity index is 1.27. The fourth-order valence-electron chi connectivity index (χ4n) is 3.51. The maximum absolute atomic E-state index is 12.7. The fraction of sp³-hybridized carbons (Fsp3) is 0.0800. The lowest BCUT2D eigenvalue weighted by Gasteiger charge is -2.09. The molecule has 0 saturated carbocycles. The number of nitrogens with zero attached hydrogens (tertiary/aromatic N) is 3. The molecule has 2 aromatic carbocycles. The van der Waals surface area contributed by atoms with Gasteiger partial charge in [-0.1, -0.05) is 24.8 Å². The first-order chi connectivity index (χ1) is 16.8. The van der Waals surface area contributed by atoms with Crippen LogP contribution in [0.4, 0.5) is 19.1 Å². The Bertz CT molecular complexity index is 1550. The second kappa shape index (κ2) is 8.64. The summed E-state index contributed by atoms with van der Waals surface area (Å²) < 4.78 is 45.5. The largest absolute Gasteiger partial charge is 0.489 e. The van der Waals surface area contributed by atoms with E-state index in [-0.39, 0.29) is 18.2 Å². The summed E-state index contributed by atoms with van der Waals surface area (Å²) in [5.41, 5.74) is 2.87. The van der Waals surface area contributed by atoms with Crippen molar-refractivity contribution in [2.45, 2.75) is 12.8 Å². The van der Waals surface area contributed by atoms with Gasteiger partial charge in [0.2, 0.25) is 5.95 Å². The van der Waals surface area contributed by atoms with Crippen molar-refractivity contribution in [2.75, 3.05) is 5.32 Å². The van der Waals surface area contributed by atoms with E-state index in [9.17, 15) is 18.0 Å². The molecule has 5 aromatic rings. The van der Waals surface area contributed by atoms with Gasteiger partial charge in [0.05, 0.1) is 16.6 Å². The monoisotopic (exact) mass is 477 g/mol. The molecule has 2 N–H and O–H groups in total. The highest BCUT2D eigenvalue weighted by Gasteiger charge is 2.29. The summed E-state index contributed by atoms with van der Waals surface area (Å²) in [6.07, 6.45) is 0.764. The number of hydrogen-bond acceptors (Lipinski definition) is 4. The number of alkyl halides is 3. The number of aromatic nitrogens is 4. The molecule has 7 nitrogen and oxygen atoms in total. The van der Waals surface area contributed by atoms with Gasteiger partial charge in [-0.25, -0.2) is 9.97 Å². The molecular weight excluding hydrogens is 459 g/mol. The zero-order chi connectivity index (χ0) is 24.6. The van der Waals surface area contributed by atoms with Crippen LogP contribution >= 0.6 is 0 Å². The number of rotatable bonds is 6. The zero-order valence-corrected chi connectivity index (χ0v) is 18.1. The first kappa shape index (κ1) is 22.2. The van der Waals surface area contributed by atoms with Crippen molar-refractivity contribution in [1.29, 1.82) is 0 Å². The van der Waals surface area contributed by atoms with Gasteiger partial charge in [0.1, 0.15) is 23.7 Å². The Morgan fingerprint density at radius 2 is 1.89 bits per heavy atom. The average molecular weight is 477 g/mol. The number of hydrogen-bond donors (Lipinski definition) is 2. The van der Waals surface area contributed by atoms with Gasteiger partial charge in [0.15, 0.2) is 0 Å². The molecule has 176 valence electrons. The highest BCUT2D eigenvalue weighted by Crippen LogP contribution is 2.29. The molecule has 35 heavy (non-hydrogen) atoms. The van der Waals surface area contributed by atoms with Crippen LogP contribution in [0.2, 0.25) is 0 Å². The van der Waals surface area contributed by atoms with Gasteiger partial charge >= 0.3 is 6.18 Å². The van der Waals surface area contributed by atoms with Crippen LogP contribution in [0, 0.1) is 0 Å². The number of pyridine rings is 1. The first-order valence-corrected chi connectivity index (χ1v) is 10.5. The van der Waals surface area contributed by atoms with Crippen LogP contribution in [-0.4, -0.2) is 25.3 Å². The smallest absolute Gasteiger partial charge is 0.416 e. The zero-order valence-electron chi connectivity index (χ0n) is 18.1. The van der Waals surface area contributed by atoms with Crippen LogP contribution < -0.4 is 10.1 Å². The molecule has 0 aliphatic rings. The second-order valence-electron chi connectivity index (χ2n) is 7.76. The summed E-state index contributed by atoms with van der Waals surface area (Å²) in [6, 6.07) is 13.5. The topological polar surface area (TPSA) is 84.3 Å². The quantitative estimate of drug-likeness (QED) is 0.328. The third-order valence-electron chi connectivity index (χ3n) is 5.31. The minimum Gasteiger partial charge on any atom is -0.489 e. The van der Waals surface area contributed by atoms with Gasteiger partial charge in [0, 0.05) is 18.5 Å². The Morgan fingerprint density at radius 3 is 2.63 bits per heavy atom. The van der Waals surface area contributed by atoms with Gasteiger partial charge in [-0.2, -0.15) is 13.2 Å². The van der Waals surface area contributed by atoms with Gasteiger partial charge < -0.3 is 14.1 Å². The number of ether oxygens (including phenoxy) is 1. The van der Waals surface area contributed by atoms with Gasteiger partial charge in [-0.3, -0.25) is 10.1 Å². The van der Waals surface area contributed by atoms with E-state index in [1.54, 1.807) is 40.9 Å². The predicted octanol–water partition coefficient (Wildman–Crippen LogP) is 5.70. The lowest BCUT2D eigenvalue weighted by Crippen LogP contribution is -2.13. The van der Waals surface area contributed by atoms with Crippen molar-refractivity contribution < 1.29 is 22.7 Å². The Labute approximate surface area is 196 Å². The van der Waals surface area contributed by atoms with Crippen molar-refractivity contribution in [3.05, 3.63) is 96.0 Å². The SMILES string of the molecule is C=Cc1ccc2nc(C(=O)Nc3nc4ccc(OCc5ccc(C(F)(F)F)cc5)cc4[nH]3)cn2c1. The minimum absolute atomic E-state index is 0.100. The summed E-state index contributed by atoms with van der Waals surface area (Å²) in [4.78, 5) is 24.4. The number of nitrogens with one attached hydrogen (secondary N) is 2. The summed E-state index contributed by atoms with van der Waals surface area (Å²) in [6.45, 7) is 3.83. The molecule has 0 unspecified atom stereocenters. The number of anilines is 1. The first-order valence-electron chi connectivity index (χ1n) is 10.5. The summed E-state index contributed by atoms with van der Waals surface area (Å²) in [5, 5.41) is 2.70. The molecule has 5 rings (SSSR count). The molecule has 0 spiro atoms.